The number of esters is 1. The lowest BCUT2D eigenvalue weighted by molar-refractivity contribution is -0.119. The molecule has 1 N–H and O–H groups in total. The van der Waals surface area contributed by atoms with Crippen LogP contribution in [-0.2, 0) is 16.1 Å². The second-order valence-corrected chi connectivity index (χ2v) is 9.60. The molecule has 2 heterocycles. The summed E-state index contributed by atoms with van der Waals surface area (Å²) in [6, 6.07) is 15.7. The summed E-state index contributed by atoms with van der Waals surface area (Å²) >= 11 is 7.51. The number of hydrogen-bond donors (Lipinski definition) is 1. The topological polar surface area (TPSA) is 115 Å². The number of carbonyl (C=O) groups excluding carboxylic acids is 2. The third-order valence-corrected chi connectivity index (χ3v) is 6.87. The molecule has 0 radical (unpaired) electrons. The average molecular weight is 509 g/mol. The van der Waals surface area contributed by atoms with E-state index in [2.05, 4.69) is 25.6 Å². The van der Waals surface area contributed by atoms with Gasteiger partial charge in [-0.05, 0) is 41.7 Å². The Hall–Kier alpha value is -3.63. The number of nitrogens with zero attached hydrogens (tertiary/aromatic N) is 5. The van der Waals surface area contributed by atoms with Gasteiger partial charge in [0.25, 0.3) is 5.91 Å². The molecule has 0 aliphatic heterocycles. The molecule has 11 heteroatoms. The van der Waals surface area contributed by atoms with Gasteiger partial charge in [-0.2, -0.15) is 10.2 Å². The number of amides is 1. The fraction of sp³-hybridized carbons (Fsp3) is 0.250. The van der Waals surface area contributed by atoms with Crippen LogP contribution in [0.2, 0.25) is 4.34 Å². The normalized spacial score (nSPS) is 13.7. The van der Waals surface area contributed by atoms with Crippen molar-refractivity contribution in [3.8, 4) is 22.5 Å². The number of benzene rings is 2. The molecule has 0 saturated heterocycles. The summed E-state index contributed by atoms with van der Waals surface area (Å²) in [5.74, 6) is -0.243. The Morgan fingerprint density at radius 2 is 1.91 bits per heavy atom. The number of nitrogens with one attached hydrogen (secondary N) is 1. The number of aromatic nitrogens is 5. The first-order valence-electron chi connectivity index (χ1n) is 11.1. The SMILES string of the molecule is CCOC(=O)c1c(Cl)sc(=NC(=O)C2CC2)n1Cc1ccc(-c2ccccc2-c2nn[nH]n2)cc1. The van der Waals surface area contributed by atoms with Crippen LogP contribution >= 0.6 is 22.9 Å². The molecule has 0 unspecified atom stereocenters. The van der Waals surface area contributed by atoms with Gasteiger partial charge in [0, 0.05) is 11.5 Å². The summed E-state index contributed by atoms with van der Waals surface area (Å²) < 4.78 is 7.11. The van der Waals surface area contributed by atoms with Crippen molar-refractivity contribution in [2.24, 2.45) is 10.9 Å². The number of thiazole rings is 1. The summed E-state index contributed by atoms with van der Waals surface area (Å²) in [6.07, 6.45) is 1.69. The highest BCUT2D eigenvalue weighted by atomic mass is 35.5. The molecule has 1 saturated carbocycles. The standard InChI is InChI=1S/C24H21ClN6O3S/c1-2-34-23(33)19-20(25)35-24(26-22(32)16-11-12-16)31(19)13-14-7-9-15(10-8-14)17-5-3-4-6-18(17)21-27-29-30-28-21/h3-10,16H,2,11-13H2,1H3,(H,27,28,29,30). The molecule has 0 atom stereocenters. The molecular formula is C24H21ClN6O3S. The summed E-state index contributed by atoms with van der Waals surface area (Å²) in [5.41, 5.74) is 3.90. The van der Waals surface area contributed by atoms with Gasteiger partial charge in [0.1, 0.15) is 4.34 Å². The van der Waals surface area contributed by atoms with Crippen molar-refractivity contribution < 1.29 is 14.3 Å². The Labute approximate surface area is 209 Å². The predicted octanol–water partition coefficient (Wildman–Crippen LogP) is 4.11. The van der Waals surface area contributed by atoms with Crippen LogP contribution in [0, 0.1) is 5.92 Å². The van der Waals surface area contributed by atoms with Crippen LogP contribution in [0.3, 0.4) is 0 Å². The minimum atomic E-state index is -0.542. The zero-order valence-electron chi connectivity index (χ0n) is 18.8. The van der Waals surface area contributed by atoms with Crippen LogP contribution in [0.25, 0.3) is 22.5 Å². The number of H-pyrrole nitrogens is 1. The third kappa shape index (κ3) is 4.94. The summed E-state index contributed by atoms with van der Waals surface area (Å²) in [4.78, 5) is 29.7. The van der Waals surface area contributed by atoms with Gasteiger partial charge >= 0.3 is 5.97 Å². The number of tetrazole rings is 1. The molecule has 178 valence electrons. The molecule has 1 amide bonds. The van der Waals surface area contributed by atoms with Crippen molar-refractivity contribution in [3.05, 3.63) is 68.9 Å². The minimum Gasteiger partial charge on any atom is -0.461 e. The van der Waals surface area contributed by atoms with E-state index in [0.29, 0.717) is 17.2 Å². The summed E-state index contributed by atoms with van der Waals surface area (Å²) in [6.45, 7) is 2.25. The Balaban J connectivity index is 1.49. The van der Waals surface area contributed by atoms with Crippen molar-refractivity contribution in [1.82, 2.24) is 25.2 Å². The molecular weight excluding hydrogens is 488 g/mol. The van der Waals surface area contributed by atoms with Crippen molar-refractivity contribution in [2.75, 3.05) is 6.61 Å². The van der Waals surface area contributed by atoms with E-state index in [4.69, 9.17) is 16.3 Å². The number of aromatic amines is 1. The van der Waals surface area contributed by atoms with E-state index in [1.807, 2.05) is 48.5 Å². The third-order valence-electron chi connectivity index (χ3n) is 5.59. The summed E-state index contributed by atoms with van der Waals surface area (Å²) in [7, 11) is 0. The molecule has 1 aliphatic carbocycles. The molecule has 5 rings (SSSR count). The highest BCUT2D eigenvalue weighted by Crippen LogP contribution is 2.31. The number of ether oxygens (including phenoxy) is 1. The van der Waals surface area contributed by atoms with Crippen LogP contribution in [-0.4, -0.2) is 43.7 Å². The lowest BCUT2D eigenvalue weighted by Gasteiger charge is -2.11. The average Bonchev–Trinajstić information content (AvgIpc) is 3.49. The number of hydrogen-bond acceptors (Lipinski definition) is 7. The Kier molecular flexibility index (Phi) is 6.56. The number of halogens is 1. The van der Waals surface area contributed by atoms with Crippen LogP contribution < -0.4 is 4.80 Å². The van der Waals surface area contributed by atoms with Gasteiger partial charge in [-0.15, -0.1) is 10.2 Å². The second-order valence-electron chi connectivity index (χ2n) is 8.02. The molecule has 2 aromatic heterocycles. The maximum atomic E-state index is 12.6. The quantitative estimate of drug-likeness (QED) is 0.375. The van der Waals surface area contributed by atoms with E-state index in [1.165, 1.54) is 0 Å². The van der Waals surface area contributed by atoms with E-state index in [9.17, 15) is 9.59 Å². The fourth-order valence-electron chi connectivity index (χ4n) is 3.70. The molecule has 0 spiro atoms. The van der Waals surface area contributed by atoms with Crippen molar-refractivity contribution in [2.45, 2.75) is 26.3 Å². The van der Waals surface area contributed by atoms with Crippen LogP contribution in [0.5, 0.6) is 0 Å². The van der Waals surface area contributed by atoms with Gasteiger partial charge < -0.3 is 9.30 Å². The van der Waals surface area contributed by atoms with E-state index in [0.717, 1.165) is 46.4 Å². The van der Waals surface area contributed by atoms with E-state index in [-0.39, 0.29) is 28.5 Å². The maximum Gasteiger partial charge on any atom is 0.357 e. The molecule has 1 fully saturated rings. The van der Waals surface area contributed by atoms with Gasteiger partial charge in [0.15, 0.2) is 10.5 Å². The van der Waals surface area contributed by atoms with E-state index < -0.39 is 5.97 Å². The van der Waals surface area contributed by atoms with Gasteiger partial charge in [0.2, 0.25) is 5.82 Å². The fourth-order valence-corrected chi connectivity index (χ4v) is 4.94. The van der Waals surface area contributed by atoms with Gasteiger partial charge in [-0.3, -0.25) is 4.79 Å². The van der Waals surface area contributed by atoms with Gasteiger partial charge in [-0.1, -0.05) is 71.5 Å². The highest BCUT2D eigenvalue weighted by molar-refractivity contribution is 7.14. The van der Waals surface area contributed by atoms with Gasteiger partial charge in [-0.25, -0.2) is 4.79 Å². The largest absolute Gasteiger partial charge is 0.461 e. The Morgan fingerprint density at radius 3 is 2.57 bits per heavy atom. The zero-order valence-corrected chi connectivity index (χ0v) is 20.3. The first kappa shape index (κ1) is 23.1. The molecule has 1 aliphatic rings. The van der Waals surface area contributed by atoms with Crippen LogP contribution in [0.4, 0.5) is 0 Å². The first-order valence-corrected chi connectivity index (χ1v) is 12.3. The molecule has 35 heavy (non-hydrogen) atoms. The predicted molar refractivity (Wildman–Crippen MR) is 131 cm³/mol. The zero-order chi connectivity index (χ0) is 24.4. The first-order chi connectivity index (χ1) is 17.0. The number of rotatable bonds is 7. The molecule has 4 aromatic rings. The van der Waals surface area contributed by atoms with Crippen molar-refractivity contribution in [1.29, 1.82) is 0 Å². The van der Waals surface area contributed by atoms with Crippen molar-refractivity contribution in [3.63, 3.8) is 0 Å². The second kappa shape index (κ2) is 9.93. The maximum absolute atomic E-state index is 12.6. The van der Waals surface area contributed by atoms with E-state index in [1.54, 1.807) is 11.5 Å². The van der Waals surface area contributed by atoms with Gasteiger partial charge in [0.05, 0.1) is 13.2 Å². The summed E-state index contributed by atoms with van der Waals surface area (Å²) in [5, 5.41) is 14.3. The Morgan fingerprint density at radius 1 is 1.17 bits per heavy atom. The van der Waals surface area contributed by atoms with E-state index >= 15 is 0 Å². The van der Waals surface area contributed by atoms with Crippen LogP contribution in [0.1, 0.15) is 35.8 Å². The van der Waals surface area contributed by atoms with Crippen LogP contribution in [0.15, 0.2) is 53.5 Å². The smallest absolute Gasteiger partial charge is 0.357 e. The molecule has 0 bridgehead atoms. The molecule has 2 aromatic carbocycles. The Bertz CT molecular complexity index is 1440. The lowest BCUT2D eigenvalue weighted by atomic mass is 9.98. The van der Waals surface area contributed by atoms with Crippen molar-refractivity contribution >= 4 is 34.8 Å². The highest BCUT2D eigenvalue weighted by Gasteiger charge is 2.30. The number of carbonyl (C=O) groups is 2. The monoisotopic (exact) mass is 508 g/mol. The minimum absolute atomic E-state index is 0.0334. The molecule has 9 nitrogen and oxygen atoms in total. The lowest BCUT2D eigenvalue weighted by Crippen LogP contribution is -2.23.